The van der Waals surface area contributed by atoms with Gasteiger partial charge in [0, 0.05) is 62.8 Å². The summed E-state index contributed by atoms with van der Waals surface area (Å²) in [7, 11) is 2.15. The van der Waals surface area contributed by atoms with E-state index in [0.29, 0.717) is 32.5 Å². The van der Waals surface area contributed by atoms with Crippen molar-refractivity contribution < 1.29 is 9.59 Å². The van der Waals surface area contributed by atoms with Crippen molar-refractivity contribution >= 4 is 34.2 Å². The van der Waals surface area contributed by atoms with Gasteiger partial charge in [-0.1, -0.05) is 23.4 Å². The quantitative estimate of drug-likeness (QED) is 0.414. The lowest BCUT2D eigenvalue weighted by Crippen LogP contribution is -2.46. The van der Waals surface area contributed by atoms with Crippen molar-refractivity contribution in [1.29, 1.82) is 0 Å². The zero-order valence-electron chi connectivity index (χ0n) is 23.4. The van der Waals surface area contributed by atoms with E-state index in [9.17, 15) is 9.59 Å². The number of likely N-dealkylation sites (N-methyl/N-ethyl adjacent to an activating group) is 1. The molecular formula is C32H35N7O2. The molecule has 3 aliphatic rings. The second-order valence-electron chi connectivity index (χ2n) is 11.7. The van der Waals surface area contributed by atoms with Crippen LogP contribution in [0.2, 0.25) is 0 Å². The first-order valence-electron chi connectivity index (χ1n) is 14.6. The number of hydrogen-bond acceptors (Lipinski definition) is 6. The number of likely N-dealkylation sites (tertiary alicyclic amines) is 1. The lowest BCUT2D eigenvalue weighted by Gasteiger charge is -2.38. The van der Waals surface area contributed by atoms with Crippen LogP contribution < -0.4 is 9.80 Å². The van der Waals surface area contributed by atoms with Gasteiger partial charge in [-0.05, 0) is 86.0 Å². The number of carbonyl (C=O) groups excluding carboxylic acids is 2. The van der Waals surface area contributed by atoms with E-state index in [2.05, 4.69) is 56.5 Å². The Bertz CT molecular complexity index is 1560. The summed E-state index contributed by atoms with van der Waals surface area (Å²) in [5.41, 5.74) is 6.34. The van der Waals surface area contributed by atoms with E-state index in [-0.39, 0.29) is 17.2 Å². The molecule has 9 heteroatoms. The normalized spacial score (nSPS) is 19.4. The van der Waals surface area contributed by atoms with Gasteiger partial charge < -0.3 is 19.6 Å². The Morgan fingerprint density at radius 1 is 0.780 bits per heavy atom. The number of aromatic nitrogens is 3. The number of piperidine rings is 1. The van der Waals surface area contributed by atoms with E-state index in [1.807, 2.05) is 52.3 Å². The molecule has 1 aromatic heterocycles. The van der Waals surface area contributed by atoms with E-state index in [4.69, 9.17) is 0 Å². The van der Waals surface area contributed by atoms with Gasteiger partial charge in [-0.3, -0.25) is 14.7 Å². The van der Waals surface area contributed by atoms with Gasteiger partial charge in [0.05, 0.1) is 10.9 Å². The van der Waals surface area contributed by atoms with Crippen molar-refractivity contribution in [3.05, 3.63) is 72.3 Å². The maximum atomic E-state index is 13.7. The molecule has 0 radical (unpaired) electrons. The SMILES string of the molecule is CN1CCN(c2ccc(C(=O)N3CCC4(CC3)CCN(c3ccc(-c5ccc6nn[nH]c6c5)cc3)C4=O)cc2)CC1. The van der Waals surface area contributed by atoms with E-state index in [1.165, 1.54) is 5.69 Å². The van der Waals surface area contributed by atoms with Gasteiger partial charge in [-0.2, -0.15) is 0 Å². The number of aromatic amines is 1. The number of rotatable bonds is 4. The molecule has 4 aromatic rings. The molecule has 3 aliphatic heterocycles. The minimum atomic E-state index is -0.376. The summed E-state index contributed by atoms with van der Waals surface area (Å²) in [6.45, 7) is 6.06. The second kappa shape index (κ2) is 10.3. The lowest BCUT2D eigenvalue weighted by atomic mass is 9.77. The first-order valence-corrected chi connectivity index (χ1v) is 14.6. The number of amides is 2. The van der Waals surface area contributed by atoms with Gasteiger partial charge in [0.2, 0.25) is 5.91 Å². The molecule has 0 atom stereocenters. The zero-order chi connectivity index (χ0) is 28.0. The molecule has 7 rings (SSSR count). The molecule has 2 amide bonds. The molecule has 9 nitrogen and oxygen atoms in total. The van der Waals surface area contributed by atoms with Crippen LogP contribution in [0.1, 0.15) is 29.6 Å². The van der Waals surface area contributed by atoms with Gasteiger partial charge in [-0.15, -0.1) is 5.10 Å². The van der Waals surface area contributed by atoms with Crippen LogP contribution in [0, 0.1) is 5.41 Å². The minimum Gasteiger partial charge on any atom is -0.369 e. The zero-order valence-corrected chi connectivity index (χ0v) is 23.4. The van der Waals surface area contributed by atoms with Crippen LogP contribution >= 0.6 is 0 Å². The fourth-order valence-corrected chi connectivity index (χ4v) is 6.59. The smallest absolute Gasteiger partial charge is 0.253 e. The Balaban J connectivity index is 0.977. The van der Waals surface area contributed by atoms with Crippen LogP contribution in [0.4, 0.5) is 11.4 Å². The molecule has 1 spiro atoms. The first kappa shape index (κ1) is 25.7. The molecule has 0 bridgehead atoms. The largest absolute Gasteiger partial charge is 0.369 e. The first-order chi connectivity index (χ1) is 20.0. The molecule has 210 valence electrons. The molecule has 3 saturated heterocycles. The third kappa shape index (κ3) is 4.74. The van der Waals surface area contributed by atoms with E-state index >= 15 is 0 Å². The van der Waals surface area contributed by atoms with Crippen molar-refractivity contribution in [1.82, 2.24) is 25.2 Å². The highest BCUT2D eigenvalue weighted by Gasteiger charge is 2.49. The maximum Gasteiger partial charge on any atom is 0.253 e. The number of fused-ring (bicyclic) bond motifs is 1. The molecule has 0 aliphatic carbocycles. The van der Waals surface area contributed by atoms with Crippen molar-refractivity contribution in [3.8, 4) is 11.1 Å². The van der Waals surface area contributed by atoms with Crippen molar-refractivity contribution in [2.24, 2.45) is 5.41 Å². The number of nitrogens with one attached hydrogen (secondary N) is 1. The van der Waals surface area contributed by atoms with Crippen molar-refractivity contribution in [2.75, 3.05) is 62.7 Å². The highest BCUT2D eigenvalue weighted by molar-refractivity contribution is 6.00. The number of hydrogen-bond donors (Lipinski definition) is 1. The van der Waals surface area contributed by atoms with Crippen LogP contribution in [-0.2, 0) is 4.79 Å². The van der Waals surface area contributed by atoms with Crippen LogP contribution in [-0.4, -0.2) is 89.9 Å². The predicted molar refractivity (Wildman–Crippen MR) is 160 cm³/mol. The summed E-state index contributed by atoms with van der Waals surface area (Å²) in [5.74, 6) is 0.255. The average molecular weight is 550 g/mol. The molecule has 0 saturated carbocycles. The molecule has 0 unspecified atom stereocenters. The highest BCUT2D eigenvalue weighted by Crippen LogP contribution is 2.43. The Kier molecular flexibility index (Phi) is 6.46. The standard InChI is InChI=1S/C32H35N7O2/c1-36-18-20-37(21-19-36)26-7-4-24(5-8-26)30(40)38-15-12-32(13-16-38)14-17-39(31(32)41)27-9-2-23(3-10-27)25-6-11-28-29(22-25)34-35-33-28/h2-11,22H,12-21H2,1H3,(H,33,34,35). The number of benzene rings is 3. The van der Waals surface area contributed by atoms with E-state index in [1.54, 1.807) is 0 Å². The fourth-order valence-electron chi connectivity index (χ4n) is 6.59. The summed E-state index contributed by atoms with van der Waals surface area (Å²) in [6, 6.07) is 22.3. The number of carbonyl (C=O) groups is 2. The minimum absolute atomic E-state index is 0.0618. The van der Waals surface area contributed by atoms with Crippen LogP contribution in [0.3, 0.4) is 0 Å². The maximum absolute atomic E-state index is 13.7. The second-order valence-corrected chi connectivity index (χ2v) is 11.7. The monoisotopic (exact) mass is 549 g/mol. The molecule has 3 aromatic carbocycles. The molecule has 4 heterocycles. The number of nitrogens with zero attached hydrogens (tertiary/aromatic N) is 6. The lowest BCUT2D eigenvalue weighted by molar-refractivity contribution is -0.127. The molecule has 41 heavy (non-hydrogen) atoms. The van der Waals surface area contributed by atoms with Crippen LogP contribution in [0.25, 0.3) is 22.2 Å². The summed E-state index contributed by atoms with van der Waals surface area (Å²) < 4.78 is 0. The summed E-state index contributed by atoms with van der Waals surface area (Å²) >= 11 is 0. The number of H-pyrrole nitrogens is 1. The van der Waals surface area contributed by atoms with Crippen molar-refractivity contribution in [3.63, 3.8) is 0 Å². The van der Waals surface area contributed by atoms with E-state index < -0.39 is 0 Å². The fraction of sp³-hybridized carbons (Fsp3) is 0.375. The van der Waals surface area contributed by atoms with Gasteiger partial charge in [0.15, 0.2) is 0 Å². The molecule has 3 fully saturated rings. The van der Waals surface area contributed by atoms with Crippen LogP contribution in [0.5, 0.6) is 0 Å². The Morgan fingerprint density at radius 3 is 2.17 bits per heavy atom. The van der Waals surface area contributed by atoms with Gasteiger partial charge in [-0.25, -0.2) is 0 Å². The van der Waals surface area contributed by atoms with E-state index in [0.717, 1.165) is 66.0 Å². The third-order valence-corrected chi connectivity index (χ3v) is 9.34. The van der Waals surface area contributed by atoms with Gasteiger partial charge >= 0.3 is 0 Å². The topological polar surface area (TPSA) is 88.7 Å². The van der Waals surface area contributed by atoms with Gasteiger partial charge in [0.25, 0.3) is 5.91 Å². The van der Waals surface area contributed by atoms with Crippen molar-refractivity contribution in [2.45, 2.75) is 19.3 Å². The average Bonchev–Trinajstić information content (AvgIpc) is 3.62. The highest BCUT2D eigenvalue weighted by atomic mass is 16.2. The summed E-state index contributed by atoms with van der Waals surface area (Å²) in [4.78, 5) is 35.6. The Hall–Kier alpha value is -4.24. The molecular weight excluding hydrogens is 514 g/mol. The Labute approximate surface area is 239 Å². The summed E-state index contributed by atoms with van der Waals surface area (Å²) in [6.07, 6.45) is 2.26. The third-order valence-electron chi connectivity index (χ3n) is 9.34. The number of anilines is 2. The van der Waals surface area contributed by atoms with Crippen LogP contribution in [0.15, 0.2) is 66.7 Å². The molecule has 1 N–H and O–H groups in total. The number of piperazine rings is 1. The summed E-state index contributed by atoms with van der Waals surface area (Å²) in [5, 5.41) is 10.8. The van der Waals surface area contributed by atoms with Gasteiger partial charge in [0.1, 0.15) is 5.52 Å². The predicted octanol–water partition coefficient (Wildman–Crippen LogP) is 4.04. The Morgan fingerprint density at radius 2 is 1.44 bits per heavy atom.